The molecule has 15 heavy (non-hydrogen) atoms. The Morgan fingerprint density at radius 3 is 2.60 bits per heavy atom. The lowest BCUT2D eigenvalue weighted by Gasteiger charge is -2.11. The molecule has 2 aromatic rings. The van der Waals surface area contributed by atoms with Gasteiger partial charge in [-0.3, -0.25) is 0 Å². The minimum absolute atomic E-state index is 0.497. The highest BCUT2D eigenvalue weighted by Gasteiger charge is 2.10. The van der Waals surface area contributed by atoms with E-state index in [0.29, 0.717) is 5.92 Å². The van der Waals surface area contributed by atoms with Crippen LogP contribution in [-0.4, -0.2) is 5.16 Å². The Morgan fingerprint density at radius 1 is 1.20 bits per heavy atom. The molecule has 0 unspecified atom stereocenters. The molecular formula is C13H15NO. The van der Waals surface area contributed by atoms with E-state index < -0.39 is 0 Å². The molecule has 0 saturated carbocycles. The fourth-order valence-corrected chi connectivity index (χ4v) is 1.75. The molecular weight excluding hydrogens is 186 g/mol. The zero-order chi connectivity index (χ0) is 10.8. The van der Waals surface area contributed by atoms with E-state index in [1.165, 1.54) is 16.7 Å². The van der Waals surface area contributed by atoms with E-state index in [1.807, 2.05) is 6.07 Å². The number of hydrogen-bond acceptors (Lipinski definition) is 2. The van der Waals surface area contributed by atoms with Crippen molar-refractivity contribution >= 4 is 0 Å². The first-order chi connectivity index (χ1) is 7.18. The van der Waals surface area contributed by atoms with Crippen molar-refractivity contribution in [3.05, 3.63) is 41.7 Å². The summed E-state index contributed by atoms with van der Waals surface area (Å²) in [6.45, 7) is 6.47. The van der Waals surface area contributed by atoms with Gasteiger partial charge in [0.2, 0.25) is 0 Å². The van der Waals surface area contributed by atoms with Crippen LogP contribution in [0.3, 0.4) is 0 Å². The van der Waals surface area contributed by atoms with E-state index in [2.05, 4.69) is 44.1 Å². The first-order valence-corrected chi connectivity index (χ1v) is 5.20. The minimum atomic E-state index is 0.497. The van der Waals surface area contributed by atoms with Gasteiger partial charge in [-0.1, -0.05) is 36.7 Å². The molecule has 0 fully saturated rings. The molecule has 0 spiro atoms. The van der Waals surface area contributed by atoms with Crippen LogP contribution in [0.4, 0.5) is 0 Å². The van der Waals surface area contributed by atoms with Gasteiger partial charge in [-0.05, 0) is 24.5 Å². The Hall–Kier alpha value is -1.57. The number of hydrogen-bond donors (Lipinski definition) is 0. The maximum atomic E-state index is 4.89. The Bertz CT molecular complexity index is 444. The number of aryl methyl sites for hydroxylation is 1. The maximum Gasteiger partial charge on any atom is 0.124 e. The zero-order valence-corrected chi connectivity index (χ0v) is 9.32. The van der Waals surface area contributed by atoms with E-state index in [-0.39, 0.29) is 0 Å². The number of rotatable bonds is 2. The third kappa shape index (κ3) is 1.94. The van der Waals surface area contributed by atoms with E-state index in [0.717, 1.165) is 5.69 Å². The topological polar surface area (TPSA) is 26.0 Å². The van der Waals surface area contributed by atoms with Crippen molar-refractivity contribution in [1.29, 1.82) is 0 Å². The van der Waals surface area contributed by atoms with E-state index in [4.69, 9.17) is 4.52 Å². The van der Waals surface area contributed by atoms with E-state index >= 15 is 0 Å². The maximum absolute atomic E-state index is 4.89. The average Bonchev–Trinajstić information content (AvgIpc) is 2.69. The number of aromatic nitrogens is 1. The molecule has 2 nitrogen and oxygen atoms in total. The van der Waals surface area contributed by atoms with Crippen LogP contribution in [-0.2, 0) is 0 Å². The molecule has 0 aliphatic rings. The predicted octanol–water partition coefficient (Wildman–Crippen LogP) is 3.77. The first-order valence-electron chi connectivity index (χ1n) is 5.20. The normalized spacial score (nSPS) is 10.9. The van der Waals surface area contributed by atoms with Gasteiger partial charge in [0.15, 0.2) is 0 Å². The molecule has 78 valence electrons. The summed E-state index contributed by atoms with van der Waals surface area (Å²) in [7, 11) is 0. The highest BCUT2D eigenvalue weighted by Crippen LogP contribution is 2.28. The van der Waals surface area contributed by atoms with Gasteiger partial charge in [0.05, 0.1) is 0 Å². The van der Waals surface area contributed by atoms with Crippen LogP contribution in [0, 0.1) is 6.92 Å². The Kier molecular flexibility index (Phi) is 2.58. The van der Waals surface area contributed by atoms with E-state index in [1.54, 1.807) is 6.26 Å². The van der Waals surface area contributed by atoms with Crippen LogP contribution >= 0.6 is 0 Å². The van der Waals surface area contributed by atoms with Gasteiger partial charge < -0.3 is 4.52 Å². The number of benzene rings is 1. The van der Waals surface area contributed by atoms with Gasteiger partial charge in [-0.15, -0.1) is 0 Å². The van der Waals surface area contributed by atoms with E-state index in [9.17, 15) is 0 Å². The SMILES string of the molecule is Cc1ccc(C(C)C)c(-c2ccon2)c1. The van der Waals surface area contributed by atoms with Crippen molar-refractivity contribution in [2.75, 3.05) is 0 Å². The highest BCUT2D eigenvalue weighted by atomic mass is 16.5. The van der Waals surface area contributed by atoms with Gasteiger partial charge in [-0.25, -0.2) is 0 Å². The second-order valence-corrected chi connectivity index (χ2v) is 4.13. The summed E-state index contributed by atoms with van der Waals surface area (Å²) in [5.74, 6) is 0.497. The Labute approximate surface area is 89.9 Å². The summed E-state index contributed by atoms with van der Waals surface area (Å²) in [5.41, 5.74) is 4.66. The molecule has 0 saturated heterocycles. The molecule has 0 amide bonds. The lowest BCUT2D eigenvalue weighted by molar-refractivity contribution is 0.422. The number of nitrogens with zero attached hydrogens (tertiary/aromatic N) is 1. The fraction of sp³-hybridized carbons (Fsp3) is 0.308. The molecule has 1 heterocycles. The van der Waals surface area contributed by atoms with Gasteiger partial charge in [-0.2, -0.15) is 0 Å². The first kappa shape index (κ1) is 9.97. The van der Waals surface area contributed by atoms with Crippen molar-refractivity contribution in [1.82, 2.24) is 5.16 Å². The second kappa shape index (κ2) is 3.89. The Balaban J connectivity index is 2.58. The summed E-state index contributed by atoms with van der Waals surface area (Å²) in [6.07, 6.45) is 1.61. The fourth-order valence-electron chi connectivity index (χ4n) is 1.75. The summed E-state index contributed by atoms with van der Waals surface area (Å²) in [6, 6.07) is 8.37. The molecule has 0 atom stereocenters. The Morgan fingerprint density at radius 2 is 2.00 bits per heavy atom. The van der Waals surface area contributed by atoms with Crippen molar-refractivity contribution in [3.8, 4) is 11.3 Å². The van der Waals surface area contributed by atoms with Crippen LogP contribution in [0.2, 0.25) is 0 Å². The van der Waals surface area contributed by atoms with Gasteiger partial charge >= 0.3 is 0 Å². The van der Waals surface area contributed by atoms with Gasteiger partial charge in [0, 0.05) is 11.6 Å². The van der Waals surface area contributed by atoms with Crippen LogP contribution in [0.5, 0.6) is 0 Å². The molecule has 0 radical (unpaired) electrons. The lowest BCUT2D eigenvalue weighted by atomic mass is 9.94. The quantitative estimate of drug-likeness (QED) is 0.739. The summed E-state index contributed by atoms with van der Waals surface area (Å²) in [5, 5.41) is 4.00. The second-order valence-electron chi connectivity index (χ2n) is 4.13. The predicted molar refractivity (Wildman–Crippen MR) is 60.8 cm³/mol. The molecule has 2 rings (SSSR count). The molecule has 0 bridgehead atoms. The molecule has 2 heteroatoms. The van der Waals surface area contributed by atoms with Crippen LogP contribution < -0.4 is 0 Å². The van der Waals surface area contributed by atoms with Crippen LogP contribution in [0.1, 0.15) is 30.9 Å². The molecule has 0 aliphatic heterocycles. The molecule has 1 aromatic heterocycles. The largest absolute Gasteiger partial charge is 0.364 e. The highest BCUT2D eigenvalue weighted by molar-refractivity contribution is 5.64. The summed E-state index contributed by atoms with van der Waals surface area (Å²) in [4.78, 5) is 0. The smallest absolute Gasteiger partial charge is 0.124 e. The summed E-state index contributed by atoms with van der Waals surface area (Å²) < 4.78 is 4.89. The van der Waals surface area contributed by atoms with Gasteiger partial charge in [0.1, 0.15) is 12.0 Å². The van der Waals surface area contributed by atoms with Crippen LogP contribution in [0.25, 0.3) is 11.3 Å². The molecule has 0 N–H and O–H groups in total. The van der Waals surface area contributed by atoms with Crippen LogP contribution in [0.15, 0.2) is 35.1 Å². The average molecular weight is 201 g/mol. The van der Waals surface area contributed by atoms with Crippen molar-refractivity contribution < 1.29 is 4.52 Å². The lowest BCUT2D eigenvalue weighted by Crippen LogP contribution is -1.93. The third-order valence-electron chi connectivity index (χ3n) is 2.54. The van der Waals surface area contributed by atoms with Crippen molar-refractivity contribution in [3.63, 3.8) is 0 Å². The van der Waals surface area contributed by atoms with Crippen molar-refractivity contribution in [2.24, 2.45) is 0 Å². The summed E-state index contributed by atoms with van der Waals surface area (Å²) >= 11 is 0. The molecule has 0 aliphatic carbocycles. The zero-order valence-electron chi connectivity index (χ0n) is 9.32. The minimum Gasteiger partial charge on any atom is -0.364 e. The third-order valence-corrected chi connectivity index (χ3v) is 2.54. The molecule has 1 aromatic carbocycles. The monoisotopic (exact) mass is 201 g/mol. The standard InChI is InChI=1S/C13H15NO/c1-9(2)11-5-4-10(3)8-12(11)13-6-7-15-14-13/h4-9H,1-3H3. The van der Waals surface area contributed by atoms with Gasteiger partial charge in [0.25, 0.3) is 0 Å². The van der Waals surface area contributed by atoms with Crippen molar-refractivity contribution in [2.45, 2.75) is 26.7 Å².